The predicted octanol–water partition coefficient (Wildman–Crippen LogP) is 4.37. The second-order valence-electron chi connectivity index (χ2n) is 18.2. The summed E-state index contributed by atoms with van der Waals surface area (Å²) in [5.41, 5.74) is 11.1. The summed E-state index contributed by atoms with van der Waals surface area (Å²) in [5.74, 6) is -0.423. The van der Waals surface area contributed by atoms with Crippen LogP contribution in [0.3, 0.4) is 0 Å². The van der Waals surface area contributed by atoms with Crippen molar-refractivity contribution in [1.82, 2.24) is 34.9 Å². The highest BCUT2D eigenvalue weighted by Crippen LogP contribution is 2.42. The number of nitrogens with two attached hydrogens (primary N) is 1. The number of nitrogens with zero attached hydrogens (tertiary/aromatic N) is 8. The van der Waals surface area contributed by atoms with Crippen molar-refractivity contribution >= 4 is 52.7 Å². The Kier molecular flexibility index (Phi) is 11.8. The number of carbonyl (C=O) groups excluding carboxylic acids is 5. The zero-order chi connectivity index (χ0) is 43.0. The number of primary amides is 1. The van der Waals surface area contributed by atoms with Crippen LogP contribution < -0.4 is 26.2 Å². The van der Waals surface area contributed by atoms with Crippen LogP contribution in [0.4, 0.5) is 27.8 Å². The van der Waals surface area contributed by atoms with Gasteiger partial charge in [0.1, 0.15) is 11.9 Å². The number of anilines is 4. The van der Waals surface area contributed by atoms with Crippen LogP contribution in [0.15, 0.2) is 48.7 Å². The molecule has 16 nitrogen and oxygen atoms in total. The summed E-state index contributed by atoms with van der Waals surface area (Å²) in [6.07, 6.45) is 12.0. The number of amides is 6. The molecule has 330 valence electrons. The summed E-state index contributed by atoms with van der Waals surface area (Å²) in [7, 11) is 1.84. The third-order valence-electron chi connectivity index (χ3n) is 14.5. The van der Waals surface area contributed by atoms with Gasteiger partial charge in [0.05, 0.1) is 12.2 Å². The van der Waals surface area contributed by atoms with E-state index < -0.39 is 11.9 Å². The predicted molar refractivity (Wildman–Crippen MR) is 237 cm³/mol. The van der Waals surface area contributed by atoms with Gasteiger partial charge in [-0.3, -0.25) is 24.5 Å². The second kappa shape index (κ2) is 17.5. The number of aryl methyl sites for hydroxylation is 1. The van der Waals surface area contributed by atoms with Crippen molar-refractivity contribution in [2.24, 2.45) is 11.1 Å². The van der Waals surface area contributed by atoms with Crippen molar-refractivity contribution < 1.29 is 25.4 Å². The molecule has 5 saturated heterocycles. The molecular formula is C46H61N11O5. The van der Waals surface area contributed by atoms with E-state index in [1.807, 2.05) is 36.2 Å². The number of likely N-dealkylation sites (tertiary alicyclic amines) is 1. The fraction of sp³-hybridized carbons (Fsp3) is 0.543. The maximum atomic E-state index is 13.2. The minimum atomic E-state index is -0.647. The van der Waals surface area contributed by atoms with E-state index in [-0.39, 0.29) is 43.3 Å². The zero-order valence-corrected chi connectivity index (χ0v) is 35.8. The lowest BCUT2D eigenvalue weighted by Crippen LogP contribution is -2.52. The average molecular weight is 848 g/mol. The molecule has 4 N–H and O–H groups in total. The van der Waals surface area contributed by atoms with Gasteiger partial charge in [0.2, 0.25) is 11.8 Å². The maximum Gasteiger partial charge on any atom is 0.320 e. The monoisotopic (exact) mass is 847 g/mol. The van der Waals surface area contributed by atoms with E-state index in [9.17, 15) is 24.0 Å². The highest BCUT2D eigenvalue weighted by molar-refractivity contribution is 6.05. The van der Waals surface area contributed by atoms with Crippen molar-refractivity contribution in [3.05, 3.63) is 71.0 Å². The molecule has 1 unspecified atom stereocenters. The molecule has 1 spiro atoms. The van der Waals surface area contributed by atoms with Crippen LogP contribution in [0.5, 0.6) is 0 Å². The normalized spacial score (nSPS) is 23.0. The van der Waals surface area contributed by atoms with Gasteiger partial charge >= 0.3 is 6.03 Å². The Hall–Kier alpha value is -5.77. The van der Waals surface area contributed by atoms with Gasteiger partial charge in [0, 0.05) is 77.6 Å². The molecule has 0 radical (unpaired) electrons. The molecule has 3 aromatic rings. The summed E-state index contributed by atoms with van der Waals surface area (Å²) in [6, 6.07) is 13.8. The van der Waals surface area contributed by atoms with Crippen LogP contribution in [-0.2, 0) is 22.6 Å². The third kappa shape index (κ3) is 8.53. The fourth-order valence-electron chi connectivity index (χ4n) is 10.6. The van der Waals surface area contributed by atoms with Crippen LogP contribution >= 0.6 is 0 Å². The number of likely N-dealkylation sites (N-methyl/N-ethyl adjacent to an activating group) is 1. The fourth-order valence-corrected chi connectivity index (χ4v) is 10.6. The number of imide groups is 1. The molecular weight excluding hydrogens is 787 g/mol. The van der Waals surface area contributed by atoms with Crippen LogP contribution in [0, 0.1) is 5.41 Å². The van der Waals surface area contributed by atoms with E-state index in [1.165, 1.54) is 36.9 Å². The standard InChI is InChI=1S/C46H59N11O5.H2/c1-52-26-27-56(45(52)62)34-8-5-21-55(29-34)38-28-48-40(41(47)59)42(50-38)49-32-10-12-33(13-11-32)54-24-18-46(19-25-54)16-22-53(23-17-46)20-3-2-6-31-7-4-9-35-36(31)30-57(44(35)61)37-14-15-39(58)51-43(37)60;/h4,7,9-13,28,34,37H,2-3,5-6,8,14-27,29-30H2,1H3,(H2,47,59)(H,49,50)(H,51,58,60);1H/t34-,37?;/m1./s1. The molecule has 7 heterocycles. The second-order valence-corrected chi connectivity index (χ2v) is 18.2. The summed E-state index contributed by atoms with van der Waals surface area (Å²) in [5, 5.41) is 5.71. The van der Waals surface area contributed by atoms with E-state index in [4.69, 9.17) is 10.7 Å². The number of benzene rings is 2. The smallest absolute Gasteiger partial charge is 0.320 e. The van der Waals surface area contributed by atoms with Crippen molar-refractivity contribution in [2.45, 2.75) is 89.3 Å². The molecule has 6 amide bonds. The molecule has 0 saturated carbocycles. The lowest BCUT2D eigenvalue weighted by atomic mass is 9.71. The SMILES string of the molecule is CN1CCN([C@@H]2CCCN(c3cnc(C(N)=O)c(Nc4ccc(N5CCC6(CCN(CCCCc7cccc8c7CN(C7CCC(=O)NC7=O)C8=O)CC6)CC5)cc4)n3)C2)C1=O.[HH]. The number of unbranched alkanes of at least 4 members (excludes halogenated alkanes) is 1. The molecule has 16 heteroatoms. The van der Waals surface area contributed by atoms with Crippen molar-refractivity contribution in [3.8, 4) is 0 Å². The van der Waals surface area contributed by atoms with Gasteiger partial charge in [-0.25, -0.2) is 14.8 Å². The molecule has 6 aliphatic rings. The Morgan fingerprint density at radius 3 is 2.40 bits per heavy atom. The lowest BCUT2D eigenvalue weighted by molar-refractivity contribution is -0.136. The maximum absolute atomic E-state index is 13.2. The minimum absolute atomic E-state index is 0. The van der Waals surface area contributed by atoms with Crippen LogP contribution in [-0.4, -0.2) is 137 Å². The first kappa shape index (κ1) is 41.6. The largest absolute Gasteiger partial charge is 0.371 e. The van der Waals surface area contributed by atoms with E-state index in [0.29, 0.717) is 42.1 Å². The summed E-state index contributed by atoms with van der Waals surface area (Å²) < 4.78 is 0. The summed E-state index contributed by atoms with van der Waals surface area (Å²) in [4.78, 5) is 84.4. The van der Waals surface area contributed by atoms with Gasteiger partial charge in [0.15, 0.2) is 11.5 Å². The number of rotatable bonds is 12. The molecule has 9 rings (SSSR count). The third-order valence-corrected chi connectivity index (χ3v) is 14.5. The Labute approximate surface area is 364 Å². The first-order valence-electron chi connectivity index (χ1n) is 22.6. The van der Waals surface area contributed by atoms with Crippen LogP contribution in [0.25, 0.3) is 0 Å². The minimum Gasteiger partial charge on any atom is -0.371 e. The molecule has 2 aromatic carbocycles. The highest BCUT2D eigenvalue weighted by atomic mass is 16.2. The highest BCUT2D eigenvalue weighted by Gasteiger charge is 2.41. The number of nitrogens with one attached hydrogen (secondary N) is 2. The lowest BCUT2D eigenvalue weighted by Gasteiger charge is -2.47. The number of piperidine rings is 4. The molecule has 1 aromatic heterocycles. The first-order valence-corrected chi connectivity index (χ1v) is 22.6. The van der Waals surface area contributed by atoms with Crippen molar-refractivity contribution in [1.29, 1.82) is 0 Å². The molecule has 0 bridgehead atoms. The van der Waals surface area contributed by atoms with Gasteiger partial charge in [-0.15, -0.1) is 0 Å². The Morgan fingerprint density at radius 2 is 1.68 bits per heavy atom. The number of carbonyl (C=O) groups is 5. The van der Waals surface area contributed by atoms with E-state index in [2.05, 4.69) is 48.5 Å². The molecule has 62 heavy (non-hydrogen) atoms. The first-order chi connectivity index (χ1) is 30.0. The molecule has 5 fully saturated rings. The van der Waals surface area contributed by atoms with Crippen LogP contribution in [0.1, 0.15) is 97.6 Å². The quantitative estimate of drug-likeness (QED) is 0.174. The summed E-state index contributed by atoms with van der Waals surface area (Å²) >= 11 is 0. The van der Waals surface area contributed by atoms with Gasteiger partial charge in [0.25, 0.3) is 11.8 Å². The number of hydrogen-bond acceptors (Lipinski definition) is 11. The number of fused-ring (bicyclic) bond motifs is 1. The Balaban J connectivity index is 0.00000544. The van der Waals surface area contributed by atoms with Crippen molar-refractivity contribution in [3.63, 3.8) is 0 Å². The average Bonchev–Trinajstić information content (AvgIpc) is 3.80. The van der Waals surface area contributed by atoms with Crippen molar-refractivity contribution in [2.75, 3.05) is 81.1 Å². The number of hydrogen-bond donors (Lipinski definition) is 3. The zero-order valence-electron chi connectivity index (χ0n) is 35.8. The van der Waals surface area contributed by atoms with Gasteiger partial charge in [-0.2, -0.15) is 0 Å². The van der Waals surface area contributed by atoms with Gasteiger partial charge < -0.3 is 40.4 Å². The topological polar surface area (TPSA) is 181 Å². The van der Waals surface area contributed by atoms with E-state index in [0.717, 1.165) is 95.7 Å². The van der Waals surface area contributed by atoms with Crippen LogP contribution in [0.2, 0.25) is 0 Å². The van der Waals surface area contributed by atoms with E-state index >= 15 is 0 Å². The number of aromatic nitrogens is 2. The van der Waals surface area contributed by atoms with E-state index in [1.54, 1.807) is 16.0 Å². The molecule has 0 aliphatic carbocycles. The summed E-state index contributed by atoms with van der Waals surface area (Å²) in [6.45, 7) is 8.72. The molecule has 6 aliphatic heterocycles. The van der Waals surface area contributed by atoms with Gasteiger partial charge in [-0.1, -0.05) is 12.1 Å². The Morgan fingerprint density at radius 1 is 0.903 bits per heavy atom. The Bertz CT molecular complexity index is 2210. The number of urea groups is 1. The molecule has 2 atom stereocenters. The van der Waals surface area contributed by atoms with Gasteiger partial charge in [-0.05, 0) is 131 Å².